The first-order valence-corrected chi connectivity index (χ1v) is 7.12. The van der Waals surface area contributed by atoms with E-state index in [4.69, 9.17) is 23.2 Å². The van der Waals surface area contributed by atoms with E-state index in [1.807, 2.05) is 5.32 Å². The van der Waals surface area contributed by atoms with Gasteiger partial charge < -0.3 is 5.32 Å². The molecule has 1 aliphatic carbocycles. The molecule has 2 rings (SSSR count). The summed E-state index contributed by atoms with van der Waals surface area (Å²) in [6.45, 7) is 0. The van der Waals surface area contributed by atoms with Crippen molar-refractivity contribution in [1.82, 2.24) is 10.2 Å². The zero-order valence-electron chi connectivity index (χ0n) is 10.4. The van der Waals surface area contributed by atoms with Crippen LogP contribution in [0.4, 0.5) is 35.9 Å². The molecule has 1 aliphatic rings. The molecule has 23 heavy (non-hydrogen) atoms. The van der Waals surface area contributed by atoms with Crippen LogP contribution >= 0.6 is 34.5 Å². The summed E-state index contributed by atoms with van der Waals surface area (Å²) in [5.41, 5.74) is 0. The molecule has 1 saturated carbocycles. The van der Waals surface area contributed by atoms with Crippen LogP contribution in [0.15, 0.2) is 0 Å². The Labute approximate surface area is 137 Å². The van der Waals surface area contributed by atoms with Crippen molar-refractivity contribution in [2.75, 3.05) is 5.32 Å². The second-order valence-electron chi connectivity index (χ2n) is 4.57. The van der Waals surface area contributed by atoms with Crippen molar-refractivity contribution in [2.24, 2.45) is 5.92 Å². The highest BCUT2D eigenvalue weighted by atomic mass is 35.5. The minimum atomic E-state index is -6.49. The number of anilines is 1. The Hall–Kier alpha value is -0.880. The normalized spacial score (nSPS) is 21.2. The maximum Gasteiger partial charge on any atom is 0.460 e. The highest BCUT2D eigenvalue weighted by molar-refractivity contribution is 7.15. The number of nitrogens with zero attached hydrogens (tertiary/aromatic N) is 2. The maximum absolute atomic E-state index is 13.4. The van der Waals surface area contributed by atoms with Crippen molar-refractivity contribution in [3.8, 4) is 0 Å². The van der Waals surface area contributed by atoms with Crippen LogP contribution in [0.1, 0.15) is 11.4 Å². The van der Waals surface area contributed by atoms with Crippen LogP contribution in [-0.4, -0.2) is 32.5 Å². The van der Waals surface area contributed by atoms with Gasteiger partial charge in [0.05, 0.1) is 5.92 Å². The summed E-state index contributed by atoms with van der Waals surface area (Å²) >= 11 is 10.9. The Balaban J connectivity index is 2.17. The zero-order chi connectivity index (χ0) is 17.8. The van der Waals surface area contributed by atoms with Crippen molar-refractivity contribution in [1.29, 1.82) is 0 Å². The smallest absolute Gasteiger partial charge is 0.300 e. The number of hydrogen-bond donors (Lipinski definition) is 1. The van der Waals surface area contributed by atoms with E-state index in [0.29, 0.717) is 0 Å². The second-order valence-corrected chi connectivity index (χ2v) is 7.09. The predicted octanol–water partition coefficient (Wildman–Crippen LogP) is 3.96. The molecule has 0 spiro atoms. The summed E-state index contributed by atoms with van der Waals surface area (Å²) in [5, 5.41) is 4.88. The number of halogens is 9. The van der Waals surface area contributed by atoms with Crippen LogP contribution in [0, 0.1) is 5.92 Å². The van der Waals surface area contributed by atoms with E-state index >= 15 is 0 Å². The van der Waals surface area contributed by atoms with Crippen molar-refractivity contribution in [2.45, 2.75) is 28.8 Å². The lowest BCUT2D eigenvalue weighted by Gasteiger charge is -2.25. The molecule has 1 aromatic rings. The number of rotatable bonds is 4. The monoisotopic (exact) mass is 405 g/mol. The Bertz CT molecular complexity index is 633. The molecule has 0 aromatic carbocycles. The van der Waals surface area contributed by atoms with Gasteiger partial charge in [-0.25, -0.2) is 0 Å². The number of hydrogen-bond acceptors (Lipinski definition) is 4. The van der Waals surface area contributed by atoms with Gasteiger partial charge in [-0.1, -0.05) is 11.3 Å². The van der Waals surface area contributed by atoms with Crippen molar-refractivity contribution in [3.05, 3.63) is 5.01 Å². The molecule has 1 N–H and O–H groups in total. The third kappa shape index (κ3) is 3.20. The van der Waals surface area contributed by atoms with Gasteiger partial charge in [0.15, 0.2) is 5.01 Å². The molecule has 1 heterocycles. The van der Waals surface area contributed by atoms with Gasteiger partial charge in [0.1, 0.15) is 4.33 Å². The Morgan fingerprint density at radius 2 is 1.70 bits per heavy atom. The first-order valence-electron chi connectivity index (χ1n) is 5.55. The highest BCUT2D eigenvalue weighted by Gasteiger charge is 2.75. The zero-order valence-corrected chi connectivity index (χ0v) is 12.7. The standard InChI is InChI=1S/C9H4Cl2F7N3OS/c10-6(11)1-2(6)3(22)19-5-21-20-4(23-5)7(12,13)8(14,15)9(16,17)18/h2H,1H2,(H,19,21,22). The minimum absolute atomic E-state index is 0.0654. The quantitative estimate of drug-likeness (QED) is 0.609. The fourth-order valence-electron chi connectivity index (χ4n) is 1.40. The van der Waals surface area contributed by atoms with E-state index < -0.39 is 44.3 Å². The van der Waals surface area contributed by atoms with E-state index in [-0.39, 0.29) is 17.8 Å². The average Bonchev–Trinajstić information content (AvgIpc) is 2.81. The molecule has 4 nitrogen and oxygen atoms in total. The Morgan fingerprint density at radius 1 is 1.17 bits per heavy atom. The van der Waals surface area contributed by atoms with Crippen LogP contribution < -0.4 is 5.32 Å². The lowest BCUT2D eigenvalue weighted by atomic mass is 10.2. The van der Waals surface area contributed by atoms with Crippen LogP contribution in [0.3, 0.4) is 0 Å². The van der Waals surface area contributed by atoms with E-state index in [1.54, 1.807) is 0 Å². The lowest BCUT2D eigenvalue weighted by molar-refractivity contribution is -0.359. The van der Waals surface area contributed by atoms with E-state index in [1.165, 1.54) is 0 Å². The van der Waals surface area contributed by atoms with Crippen LogP contribution in [0.25, 0.3) is 0 Å². The van der Waals surface area contributed by atoms with Gasteiger partial charge in [-0.2, -0.15) is 30.7 Å². The number of carbonyl (C=O) groups is 1. The molecule has 0 saturated heterocycles. The highest BCUT2D eigenvalue weighted by Crippen LogP contribution is 2.54. The number of amides is 1. The fraction of sp³-hybridized carbons (Fsp3) is 0.667. The summed E-state index contributed by atoms with van der Waals surface area (Å²) in [7, 11) is 0. The van der Waals surface area contributed by atoms with Crippen molar-refractivity contribution in [3.63, 3.8) is 0 Å². The van der Waals surface area contributed by atoms with Crippen molar-refractivity contribution < 1.29 is 35.5 Å². The van der Waals surface area contributed by atoms with Crippen molar-refractivity contribution >= 4 is 45.6 Å². The van der Waals surface area contributed by atoms with E-state index in [2.05, 4.69) is 10.2 Å². The largest absolute Gasteiger partial charge is 0.460 e. The van der Waals surface area contributed by atoms with Gasteiger partial charge in [0.2, 0.25) is 11.0 Å². The van der Waals surface area contributed by atoms with Gasteiger partial charge in [-0.05, 0) is 6.42 Å². The van der Waals surface area contributed by atoms with E-state index in [0.717, 1.165) is 0 Å². The molecule has 0 bridgehead atoms. The van der Waals surface area contributed by atoms with E-state index in [9.17, 15) is 35.5 Å². The Morgan fingerprint density at radius 3 is 2.13 bits per heavy atom. The topological polar surface area (TPSA) is 54.9 Å². The number of aromatic nitrogens is 2. The first-order chi connectivity index (χ1) is 10.2. The maximum atomic E-state index is 13.4. The molecule has 1 fully saturated rings. The number of nitrogens with one attached hydrogen (secondary N) is 1. The molecule has 1 aromatic heterocycles. The van der Waals surface area contributed by atoms with Gasteiger partial charge in [0.25, 0.3) is 0 Å². The third-order valence-corrected chi connectivity index (χ3v) is 4.56. The number of alkyl halides is 9. The average molecular weight is 406 g/mol. The Kier molecular flexibility index (Phi) is 4.26. The molecule has 130 valence electrons. The summed E-state index contributed by atoms with van der Waals surface area (Å²) in [4.78, 5) is 11.5. The SMILES string of the molecule is O=C(Nc1nnc(C(F)(F)C(F)(F)C(F)(F)F)s1)C1CC1(Cl)Cl. The molecule has 1 unspecified atom stereocenters. The first kappa shape index (κ1) is 18.5. The van der Waals surface area contributed by atoms with Crippen LogP contribution in [-0.2, 0) is 10.7 Å². The molecule has 1 atom stereocenters. The lowest BCUT2D eigenvalue weighted by Crippen LogP contribution is -2.50. The summed E-state index contributed by atoms with van der Waals surface area (Å²) < 4.78 is 87.2. The van der Waals surface area contributed by atoms with Gasteiger partial charge >= 0.3 is 18.0 Å². The van der Waals surface area contributed by atoms with Gasteiger partial charge in [0, 0.05) is 0 Å². The summed E-state index contributed by atoms with van der Waals surface area (Å²) in [6, 6.07) is 0. The minimum Gasteiger partial charge on any atom is -0.300 e. The molecule has 0 radical (unpaired) electrons. The molecule has 14 heteroatoms. The van der Waals surface area contributed by atoms with Crippen LogP contribution in [0.5, 0.6) is 0 Å². The van der Waals surface area contributed by atoms with Crippen LogP contribution in [0.2, 0.25) is 0 Å². The molecule has 0 aliphatic heterocycles. The second kappa shape index (κ2) is 5.31. The van der Waals surface area contributed by atoms with Gasteiger partial charge in [-0.15, -0.1) is 33.4 Å². The summed E-state index contributed by atoms with van der Waals surface area (Å²) in [5.74, 6) is -13.7. The number of carbonyl (C=O) groups excluding carboxylic acids is 1. The van der Waals surface area contributed by atoms with Gasteiger partial charge in [-0.3, -0.25) is 4.79 Å². The summed E-state index contributed by atoms with van der Waals surface area (Å²) in [6.07, 6.45) is -6.42. The molecule has 1 amide bonds. The third-order valence-electron chi connectivity index (χ3n) is 2.82. The molecular formula is C9H4Cl2F7N3OS. The molecular weight excluding hydrogens is 402 g/mol. The predicted molar refractivity (Wildman–Crippen MR) is 66.0 cm³/mol. The fourth-order valence-corrected chi connectivity index (χ4v) is 2.66.